The average molecular weight is 374 g/mol. The number of H-pyrrole nitrogens is 1. The predicted molar refractivity (Wildman–Crippen MR) is 105 cm³/mol. The summed E-state index contributed by atoms with van der Waals surface area (Å²) in [5, 5.41) is 1.13. The molecule has 0 bridgehead atoms. The van der Waals surface area contributed by atoms with Gasteiger partial charge in [-0.1, -0.05) is 24.3 Å². The van der Waals surface area contributed by atoms with Crippen molar-refractivity contribution in [1.82, 2.24) is 19.8 Å². The van der Waals surface area contributed by atoms with Gasteiger partial charge in [0.25, 0.3) is 0 Å². The summed E-state index contributed by atoms with van der Waals surface area (Å²) in [6, 6.07) is 11.4. The van der Waals surface area contributed by atoms with Gasteiger partial charge in [0.05, 0.1) is 5.54 Å². The van der Waals surface area contributed by atoms with Crippen LogP contribution in [0.3, 0.4) is 0 Å². The summed E-state index contributed by atoms with van der Waals surface area (Å²) in [7, 11) is 0. The second-order valence-corrected chi connectivity index (χ2v) is 8.12. The Hall–Kier alpha value is -3.15. The fourth-order valence-electron chi connectivity index (χ4n) is 4.79. The molecule has 28 heavy (non-hydrogen) atoms. The van der Waals surface area contributed by atoms with Crippen LogP contribution in [-0.4, -0.2) is 44.2 Å². The summed E-state index contributed by atoms with van der Waals surface area (Å²) in [6.07, 6.45) is 3.99. The van der Waals surface area contributed by atoms with E-state index in [9.17, 15) is 9.59 Å². The van der Waals surface area contributed by atoms with E-state index in [1.54, 1.807) is 22.2 Å². The second-order valence-electron chi connectivity index (χ2n) is 8.12. The first-order valence-corrected chi connectivity index (χ1v) is 9.57. The molecule has 0 saturated carbocycles. The fraction of sp³-hybridized carbons (Fsp3) is 0.318. The highest BCUT2D eigenvalue weighted by Gasteiger charge is 2.51. The lowest BCUT2D eigenvalue weighted by molar-refractivity contribution is -0.164. The van der Waals surface area contributed by atoms with E-state index in [2.05, 4.69) is 16.0 Å². The van der Waals surface area contributed by atoms with Crippen LogP contribution in [0.5, 0.6) is 0 Å². The number of fused-ring (bicyclic) bond motifs is 4. The monoisotopic (exact) mass is 374 g/mol. The van der Waals surface area contributed by atoms with Crippen molar-refractivity contribution in [2.24, 2.45) is 0 Å². The number of carbonyl (C=O) groups is 2. The smallest absolute Gasteiger partial charge is 0.246 e. The third-order valence-electron chi connectivity index (χ3n) is 6.02. The lowest BCUT2D eigenvalue weighted by Crippen LogP contribution is -2.66. The lowest BCUT2D eigenvalue weighted by atomic mass is 9.82. The lowest BCUT2D eigenvalue weighted by Gasteiger charge is -2.51. The summed E-state index contributed by atoms with van der Waals surface area (Å²) < 4.78 is 0. The topological polar surface area (TPSA) is 69.3 Å². The van der Waals surface area contributed by atoms with Crippen LogP contribution in [0.25, 0.3) is 10.9 Å². The van der Waals surface area contributed by atoms with Crippen LogP contribution in [0, 0.1) is 0 Å². The predicted octanol–water partition coefficient (Wildman–Crippen LogP) is 2.59. The average Bonchev–Trinajstić information content (AvgIpc) is 3.06. The highest BCUT2D eigenvalue weighted by atomic mass is 16.2. The van der Waals surface area contributed by atoms with Gasteiger partial charge in [0.1, 0.15) is 12.6 Å². The van der Waals surface area contributed by atoms with Crippen LogP contribution in [0.15, 0.2) is 48.8 Å². The van der Waals surface area contributed by atoms with Crippen molar-refractivity contribution in [2.45, 2.75) is 38.4 Å². The number of aromatic nitrogens is 2. The first-order chi connectivity index (χ1) is 13.5. The maximum Gasteiger partial charge on any atom is 0.246 e. The maximum absolute atomic E-state index is 13.4. The number of benzene rings is 1. The number of para-hydroxylation sites is 1. The van der Waals surface area contributed by atoms with Crippen LogP contribution >= 0.6 is 0 Å². The molecular formula is C22H22N4O2. The Balaban J connectivity index is 1.56. The number of pyridine rings is 1. The number of nitrogens with zero attached hydrogens (tertiary/aromatic N) is 3. The third-order valence-corrected chi connectivity index (χ3v) is 6.02. The number of carbonyl (C=O) groups excluding carboxylic acids is 2. The molecule has 0 aliphatic carbocycles. The molecule has 1 atom stereocenters. The van der Waals surface area contributed by atoms with E-state index >= 15 is 0 Å². The molecular weight excluding hydrogens is 352 g/mol. The molecule has 4 heterocycles. The van der Waals surface area contributed by atoms with Gasteiger partial charge in [-0.15, -0.1) is 0 Å². The zero-order valence-corrected chi connectivity index (χ0v) is 16.0. The summed E-state index contributed by atoms with van der Waals surface area (Å²) >= 11 is 0. The Labute approximate surface area is 163 Å². The number of hydrogen-bond donors (Lipinski definition) is 1. The van der Waals surface area contributed by atoms with E-state index in [1.807, 2.05) is 44.2 Å². The highest BCUT2D eigenvalue weighted by Crippen LogP contribution is 2.42. The molecule has 5 rings (SSSR count). The van der Waals surface area contributed by atoms with Gasteiger partial charge in [0.2, 0.25) is 11.8 Å². The SMILES string of the molecule is CC1(C)c2[nH]c3ccccc3c2CC2C(=O)N(Cc3cccnc3)CC(=O)N21. The van der Waals surface area contributed by atoms with Crippen LogP contribution in [0.1, 0.15) is 30.7 Å². The van der Waals surface area contributed by atoms with Gasteiger partial charge in [0, 0.05) is 42.0 Å². The Morgan fingerprint density at radius 3 is 2.79 bits per heavy atom. The van der Waals surface area contributed by atoms with E-state index < -0.39 is 11.6 Å². The van der Waals surface area contributed by atoms with Gasteiger partial charge in [-0.05, 0) is 37.1 Å². The minimum atomic E-state index is -0.565. The molecule has 0 radical (unpaired) electrons. The zero-order chi connectivity index (χ0) is 19.5. The van der Waals surface area contributed by atoms with Crippen molar-refractivity contribution in [2.75, 3.05) is 6.54 Å². The Morgan fingerprint density at radius 1 is 1.18 bits per heavy atom. The van der Waals surface area contributed by atoms with Gasteiger partial charge in [0.15, 0.2) is 0 Å². The quantitative estimate of drug-likeness (QED) is 0.750. The largest absolute Gasteiger partial charge is 0.356 e. The number of nitrogens with one attached hydrogen (secondary N) is 1. The molecule has 6 nitrogen and oxygen atoms in total. The zero-order valence-electron chi connectivity index (χ0n) is 16.0. The maximum atomic E-state index is 13.4. The number of amides is 2. The molecule has 0 spiro atoms. The minimum Gasteiger partial charge on any atom is -0.356 e. The standard InChI is InChI=1S/C22H22N4O2/c1-22(2)20-16(15-7-3-4-8-17(15)24-20)10-18-21(28)25(13-19(27)26(18)22)12-14-6-5-9-23-11-14/h3-9,11,18,24H,10,12-13H2,1-2H3. The first kappa shape index (κ1) is 17.0. The van der Waals surface area contributed by atoms with E-state index in [0.29, 0.717) is 13.0 Å². The molecule has 142 valence electrons. The molecule has 1 unspecified atom stereocenters. The van der Waals surface area contributed by atoms with Crippen molar-refractivity contribution in [3.63, 3.8) is 0 Å². The van der Waals surface area contributed by atoms with Crippen LogP contribution in [0.4, 0.5) is 0 Å². The van der Waals surface area contributed by atoms with Crippen LogP contribution < -0.4 is 0 Å². The van der Waals surface area contributed by atoms with Crippen molar-refractivity contribution < 1.29 is 9.59 Å². The third kappa shape index (κ3) is 2.37. The number of aromatic amines is 1. The van der Waals surface area contributed by atoms with Crippen molar-refractivity contribution in [1.29, 1.82) is 0 Å². The molecule has 2 aliphatic rings. The normalized spacial score (nSPS) is 21.0. The van der Waals surface area contributed by atoms with E-state index in [4.69, 9.17) is 0 Å². The second kappa shape index (κ2) is 5.92. The summed E-state index contributed by atoms with van der Waals surface area (Å²) in [6.45, 7) is 4.55. The van der Waals surface area contributed by atoms with Gasteiger partial charge in [-0.3, -0.25) is 14.6 Å². The molecule has 2 aromatic heterocycles. The molecule has 2 aliphatic heterocycles. The van der Waals surface area contributed by atoms with Gasteiger partial charge < -0.3 is 14.8 Å². The Bertz CT molecular complexity index is 1090. The molecule has 1 saturated heterocycles. The number of piperazine rings is 1. The van der Waals surface area contributed by atoms with Crippen LogP contribution in [-0.2, 0) is 28.1 Å². The highest BCUT2D eigenvalue weighted by molar-refractivity contribution is 5.97. The van der Waals surface area contributed by atoms with Gasteiger partial charge in [-0.25, -0.2) is 0 Å². The molecule has 1 N–H and O–H groups in total. The molecule has 1 fully saturated rings. The number of rotatable bonds is 2. The minimum absolute atomic E-state index is 0.00691. The fourth-order valence-corrected chi connectivity index (χ4v) is 4.79. The summed E-state index contributed by atoms with van der Waals surface area (Å²) in [5.41, 5.74) is 3.59. The van der Waals surface area contributed by atoms with Crippen molar-refractivity contribution in [3.8, 4) is 0 Å². The first-order valence-electron chi connectivity index (χ1n) is 9.57. The molecule has 2 amide bonds. The number of hydrogen-bond acceptors (Lipinski definition) is 3. The Kier molecular flexibility index (Phi) is 3.59. The molecule has 3 aromatic rings. The van der Waals surface area contributed by atoms with E-state index in [1.165, 1.54) is 0 Å². The van der Waals surface area contributed by atoms with Gasteiger partial charge >= 0.3 is 0 Å². The summed E-state index contributed by atoms with van der Waals surface area (Å²) in [5.74, 6) is -0.00439. The Morgan fingerprint density at radius 2 is 2.00 bits per heavy atom. The van der Waals surface area contributed by atoms with E-state index in [0.717, 1.165) is 27.7 Å². The van der Waals surface area contributed by atoms with E-state index in [-0.39, 0.29) is 18.4 Å². The summed E-state index contributed by atoms with van der Waals surface area (Å²) in [4.78, 5) is 37.5. The molecule has 1 aromatic carbocycles. The van der Waals surface area contributed by atoms with Crippen LogP contribution in [0.2, 0.25) is 0 Å². The van der Waals surface area contributed by atoms with Crippen molar-refractivity contribution in [3.05, 3.63) is 65.6 Å². The van der Waals surface area contributed by atoms with Crippen molar-refractivity contribution >= 4 is 22.7 Å². The van der Waals surface area contributed by atoms with Gasteiger partial charge in [-0.2, -0.15) is 0 Å². The molecule has 6 heteroatoms.